The maximum absolute atomic E-state index is 13.2. The molecule has 1 aliphatic carbocycles. The van der Waals surface area contributed by atoms with Crippen molar-refractivity contribution in [2.45, 2.75) is 25.2 Å². The smallest absolute Gasteiger partial charge is 0.228 e. The molecule has 0 spiro atoms. The molecule has 4 aromatic rings. The van der Waals surface area contributed by atoms with Crippen molar-refractivity contribution < 1.29 is 23.7 Å². The van der Waals surface area contributed by atoms with Crippen LogP contribution >= 0.6 is 0 Å². The number of aromatic nitrogens is 4. The molecule has 0 saturated carbocycles. The molecule has 0 fully saturated rings. The van der Waals surface area contributed by atoms with Crippen molar-refractivity contribution in [2.75, 3.05) is 21.3 Å². The van der Waals surface area contributed by atoms with E-state index >= 15 is 0 Å². The zero-order chi connectivity index (χ0) is 24.8. The largest absolute Gasteiger partial charge is 0.497 e. The Bertz CT molecular complexity index is 1520. The lowest BCUT2D eigenvalue weighted by molar-refractivity contribution is -0.116. The van der Waals surface area contributed by atoms with E-state index in [-0.39, 0.29) is 11.7 Å². The maximum Gasteiger partial charge on any atom is 0.228 e. The molecule has 0 saturated heterocycles. The second kappa shape index (κ2) is 8.67. The lowest BCUT2D eigenvalue weighted by atomic mass is 9.78. The van der Waals surface area contributed by atoms with Crippen LogP contribution in [0.5, 0.6) is 23.1 Å². The van der Waals surface area contributed by atoms with Crippen LogP contribution < -0.4 is 18.9 Å². The predicted molar refractivity (Wildman–Crippen MR) is 131 cm³/mol. The van der Waals surface area contributed by atoms with Crippen LogP contribution in [-0.2, 0) is 4.79 Å². The number of nitrogens with zero attached hydrogens (tertiary/aromatic N) is 4. The van der Waals surface area contributed by atoms with Crippen LogP contribution in [0.2, 0.25) is 0 Å². The van der Waals surface area contributed by atoms with Gasteiger partial charge in [0.05, 0.1) is 26.9 Å². The Morgan fingerprint density at radius 2 is 1.78 bits per heavy atom. The fourth-order valence-corrected chi connectivity index (χ4v) is 4.94. The fourth-order valence-electron chi connectivity index (χ4n) is 4.94. The van der Waals surface area contributed by atoms with Crippen molar-refractivity contribution >= 4 is 11.4 Å². The molecule has 1 aliphatic heterocycles. The third-order valence-corrected chi connectivity index (χ3v) is 6.68. The molecule has 9 heteroatoms. The second-order valence-corrected chi connectivity index (χ2v) is 8.66. The number of fused-ring (bicyclic) bond motifs is 3. The number of hydrogen-bond acceptors (Lipinski definition) is 8. The van der Waals surface area contributed by atoms with Gasteiger partial charge in [0.15, 0.2) is 28.8 Å². The summed E-state index contributed by atoms with van der Waals surface area (Å²) in [5, 5.41) is 4.67. The summed E-state index contributed by atoms with van der Waals surface area (Å²) < 4.78 is 24.0. The van der Waals surface area contributed by atoms with Gasteiger partial charge in [-0.3, -0.25) is 4.79 Å². The Kier molecular flexibility index (Phi) is 5.32. The Labute approximate surface area is 207 Å². The number of ether oxygens (including phenoxy) is 4. The number of hydrogen-bond donors (Lipinski definition) is 0. The summed E-state index contributed by atoms with van der Waals surface area (Å²) in [6.07, 6.45) is 3.54. The average molecular weight is 485 g/mol. The highest BCUT2D eigenvalue weighted by molar-refractivity contribution is 6.00. The van der Waals surface area contributed by atoms with Gasteiger partial charge in [0, 0.05) is 29.9 Å². The monoisotopic (exact) mass is 484 g/mol. The van der Waals surface area contributed by atoms with E-state index in [0.29, 0.717) is 53.0 Å². The summed E-state index contributed by atoms with van der Waals surface area (Å²) >= 11 is 0. The highest BCUT2D eigenvalue weighted by atomic mass is 16.5. The first-order valence-electron chi connectivity index (χ1n) is 11.7. The summed E-state index contributed by atoms with van der Waals surface area (Å²) in [5.41, 5.74) is 3.67. The first-order valence-corrected chi connectivity index (χ1v) is 11.7. The Balaban J connectivity index is 1.55. The number of Topliss-reactive ketones (excluding diaryl/α,β-unsaturated/α-hetero) is 1. The Morgan fingerprint density at radius 3 is 2.53 bits per heavy atom. The number of methoxy groups -OCH3 is 3. The molecule has 2 aliphatic rings. The molecular formula is C27H24N4O5. The molecule has 1 atom stereocenters. The third kappa shape index (κ3) is 3.46. The highest BCUT2D eigenvalue weighted by Crippen LogP contribution is 2.47. The van der Waals surface area contributed by atoms with Crippen molar-refractivity contribution in [3.8, 4) is 34.5 Å². The normalized spacial score (nSPS) is 16.9. The van der Waals surface area contributed by atoms with E-state index in [4.69, 9.17) is 23.9 Å². The topological polar surface area (TPSA) is 97.1 Å². The van der Waals surface area contributed by atoms with E-state index in [1.807, 2.05) is 42.5 Å². The number of carbonyl (C=O) groups is 1. The van der Waals surface area contributed by atoms with Gasteiger partial charge in [-0.25, -0.2) is 14.5 Å². The maximum atomic E-state index is 13.2. The number of ketones is 1. The fraction of sp³-hybridized carbons (Fsp3) is 0.259. The standard InChI is InChI=1S/C27H24N4O5/c1-33-17-10-7-15(8-11-17)22-23-18(32)5-4-6-20(23)36-27-24(22)26-29-25(30-31(26)14-28-27)16-9-12-19(34-2)21(13-16)35-3/h7-14,22H,4-6H2,1-3H3/t22-/m1/s1. The third-order valence-electron chi connectivity index (χ3n) is 6.68. The number of carbonyl (C=O) groups excluding carboxylic acids is 1. The van der Waals surface area contributed by atoms with Crippen LogP contribution in [0.4, 0.5) is 0 Å². The minimum Gasteiger partial charge on any atom is -0.497 e. The molecule has 36 heavy (non-hydrogen) atoms. The van der Waals surface area contributed by atoms with Crippen LogP contribution in [0.1, 0.15) is 36.3 Å². The molecule has 0 bridgehead atoms. The summed E-state index contributed by atoms with van der Waals surface area (Å²) in [4.78, 5) is 22.6. The summed E-state index contributed by atoms with van der Waals surface area (Å²) in [6.45, 7) is 0. The first-order chi connectivity index (χ1) is 17.6. The molecule has 2 aromatic heterocycles. The average Bonchev–Trinajstić information content (AvgIpc) is 3.36. The molecule has 2 aromatic carbocycles. The molecule has 0 radical (unpaired) electrons. The molecular weight excluding hydrogens is 460 g/mol. The molecule has 6 rings (SSSR count). The molecule has 0 unspecified atom stereocenters. The van der Waals surface area contributed by atoms with E-state index in [9.17, 15) is 4.79 Å². The Hall–Kier alpha value is -4.40. The molecule has 0 amide bonds. The zero-order valence-corrected chi connectivity index (χ0v) is 20.1. The Morgan fingerprint density at radius 1 is 0.972 bits per heavy atom. The molecule has 182 valence electrons. The van der Waals surface area contributed by atoms with Gasteiger partial charge in [0.25, 0.3) is 0 Å². The predicted octanol–water partition coefficient (Wildman–Crippen LogP) is 4.35. The SMILES string of the molecule is COc1ccc([C@@H]2C3=C(CCCC3=O)Oc3ncn4nc(-c5ccc(OC)c(OC)c5)nc4c32)cc1. The van der Waals surface area contributed by atoms with Crippen molar-refractivity contribution in [3.63, 3.8) is 0 Å². The van der Waals surface area contributed by atoms with Crippen LogP contribution in [0.15, 0.2) is 60.1 Å². The molecule has 0 N–H and O–H groups in total. The van der Waals surface area contributed by atoms with Gasteiger partial charge in [-0.05, 0) is 42.3 Å². The van der Waals surface area contributed by atoms with Gasteiger partial charge in [0.1, 0.15) is 17.8 Å². The lowest BCUT2D eigenvalue weighted by Gasteiger charge is -2.32. The second-order valence-electron chi connectivity index (χ2n) is 8.66. The van der Waals surface area contributed by atoms with Crippen LogP contribution in [0, 0.1) is 0 Å². The van der Waals surface area contributed by atoms with Gasteiger partial charge < -0.3 is 18.9 Å². The van der Waals surface area contributed by atoms with E-state index in [1.165, 1.54) is 0 Å². The van der Waals surface area contributed by atoms with Crippen LogP contribution in [-0.4, -0.2) is 46.7 Å². The van der Waals surface area contributed by atoms with Crippen molar-refractivity contribution in [2.24, 2.45) is 0 Å². The number of rotatable bonds is 5. The quantitative estimate of drug-likeness (QED) is 0.413. The van der Waals surface area contributed by atoms with Crippen molar-refractivity contribution in [1.29, 1.82) is 0 Å². The van der Waals surface area contributed by atoms with Gasteiger partial charge in [0.2, 0.25) is 5.88 Å². The van der Waals surface area contributed by atoms with Crippen molar-refractivity contribution in [1.82, 2.24) is 19.6 Å². The summed E-state index contributed by atoms with van der Waals surface area (Å²) in [6, 6.07) is 13.2. The van der Waals surface area contributed by atoms with Crippen LogP contribution in [0.3, 0.4) is 0 Å². The molecule has 9 nitrogen and oxygen atoms in total. The minimum absolute atomic E-state index is 0.0874. The van der Waals surface area contributed by atoms with Gasteiger partial charge in [-0.15, -0.1) is 5.10 Å². The van der Waals surface area contributed by atoms with Gasteiger partial charge in [-0.1, -0.05) is 12.1 Å². The highest BCUT2D eigenvalue weighted by Gasteiger charge is 2.39. The summed E-state index contributed by atoms with van der Waals surface area (Å²) in [5.74, 6) is 3.28. The van der Waals surface area contributed by atoms with Crippen LogP contribution in [0.25, 0.3) is 17.0 Å². The van der Waals surface area contributed by atoms with E-state index in [2.05, 4.69) is 10.1 Å². The van der Waals surface area contributed by atoms with Gasteiger partial charge >= 0.3 is 0 Å². The number of benzene rings is 2. The van der Waals surface area contributed by atoms with Crippen molar-refractivity contribution in [3.05, 3.63) is 71.3 Å². The van der Waals surface area contributed by atoms with Gasteiger partial charge in [-0.2, -0.15) is 0 Å². The summed E-state index contributed by atoms with van der Waals surface area (Å²) in [7, 11) is 4.80. The molecule has 3 heterocycles. The van der Waals surface area contributed by atoms with E-state index in [0.717, 1.165) is 28.9 Å². The van der Waals surface area contributed by atoms with E-state index in [1.54, 1.807) is 32.2 Å². The van der Waals surface area contributed by atoms with E-state index < -0.39 is 0 Å². The minimum atomic E-state index is -0.374. The lowest BCUT2D eigenvalue weighted by Crippen LogP contribution is -2.26. The zero-order valence-electron chi connectivity index (χ0n) is 20.1. The number of allylic oxidation sites excluding steroid dienone is 2. The first kappa shape index (κ1) is 22.1.